The fraction of sp³-hybridized carbons (Fsp3) is 0.905. The van der Waals surface area contributed by atoms with E-state index >= 15 is 0 Å². The fourth-order valence-electron chi connectivity index (χ4n) is 4.81. The van der Waals surface area contributed by atoms with Crippen LogP contribution >= 0.6 is 35.7 Å². The number of aliphatic imine (C=N–C) groups is 1. The summed E-state index contributed by atoms with van der Waals surface area (Å²) in [4.78, 5) is 21.5. The number of piperidine rings is 1. The number of nitrogens with zero attached hydrogens (tertiary/aromatic N) is 3. The molecule has 0 bridgehead atoms. The molecule has 2 N–H and O–H groups in total. The van der Waals surface area contributed by atoms with Crippen molar-refractivity contribution in [2.24, 2.45) is 4.99 Å². The summed E-state index contributed by atoms with van der Waals surface area (Å²) in [7, 11) is 0. The fourth-order valence-corrected chi connectivity index (χ4v) is 5.71. The number of likely N-dealkylation sites (tertiary alicyclic amines) is 1. The first kappa shape index (κ1) is 25.8. The molecule has 30 heavy (non-hydrogen) atoms. The molecule has 0 spiro atoms. The smallest absolute Gasteiger partial charge is 0.409 e. The molecule has 0 unspecified atom stereocenters. The van der Waals surface area contributed by atoms with E-state index in [4.69, 9.17) is 9.73 Å². The van der Waals surface area contributed by atoms with Gasteiger partial charge in [0.25, 0.3) is 0 Å². The average molecular weight is 554 g/mol. The van der Waals surface area contributed by atoms with Crippen LogP contribution in [0.15, 0.2) is 4.99 Å². The highest BCUT2D eigenvalue weighted by Gasteiger charge is 2.40. The molecule has 0 aromatic rings. The monoisotopic (exact) mass is 553 g/mol. The predicted octanol–water partition coefficient (Wildman–Crippen LogP) is 3.14. The number of nitrogens with one attached hydrogen (secondary N) is 2. The molecular formula is C21H40IN5O2S. The molecule has 9 heteroatoms. The van der Waals surface area contributed by atoms with Crippen molar-refractivity contribution >= 4 is 47.8 Å². The van der Waals surface area contributed by atoms with E-state index < -0.39 is 0 Å². The first-order valence-corrected chi connectivity index (χ1v) is 12.6. The Bertz CT molecular complexity index is 546. The van der Waals surface area contributed by atoms with E-state index in [2.05, 4.69) is 34.2 Å². The summed E-state index contributed by atoms with van der Waals surface area (Å²) in [5.74, 6) is 3.44. The minimum absolute atomic E-state index is 0. The van der Waals surface area contributed by atoms with E-state index in [9.17, 15) is 4.79 Å². The highest BCUT2D eigenvalue weighted by molar-refractivity contribution is 14.0. The highest BCUT2D eigenvalue weighted by Crippen LogP contribution is 2.37. The number of rotatable bonds is 6. The van der Waals surface area contributed by atoms with Crippen LogP contribution < -0.4 is 10.6 Å². The number of carbonyl (C=O) groups is 1. The maximum Gasteiger partial charge on any atom is 0.409 e. The van der Waals surface area contributed by atoms with Gasteiger partial charge in [-0.15, -0.1) is 24.0 Å². The van der Waals surface area contributed by atoms with E-state index in [1.807, 2.05) is 11.8 Å². The van der Waals surface area contributed by atoms with Crippen molar-refractivity contribution in [1.82, 2.24) is 20.4 Å². The molecule has 2 aliphatic heterocycles. The van der Waals surface area contributed by atoms with Gasteiger partial charge in [0.1, 0.15) is 0 Å². The van der Waals surface area contributed by atoms with Crippen molar-refractivity contribution in [3.63, 3.8) is 0 Å². The molecule has 0 aromatic carbocycles. The Morgan fingerprint density at radius 2 is 1.80 bits per heavy atom. The van der Waals surface area contributed by atoms with Gasteiger partial charge in [-0.05, 0) is 39.5 Å². The van der Waals surface area contributed by atoms with Crippen molar-refractivity contribution in [2.75, 3.05) is 57.4 Å². The van der Waals surface area contributed by atoms with Gasteiger partial charge in [-0.25, -0.2) is 4.79 Å². The van der Waals surface area contributed by atoms with Gasteiger partial charge in [-0.3, -0.25) is 9.89 Å². The molecule has 2 heterocycles. The standard InChI is InChI=1S/C21H39N5O2S.HI/c1-3-22-19(24-18-7-11-25(12-8-18)20(27)28-4-2)23-17-21(9-5-6-10-21)26-13-15-29-16-14-26;/h18H,3-17H2,1-2H3,(H2,22,23,24);1H. The Hall–Kier alpha value is -0.420. The van der Waals surface area contributed by atoms with Crippen LogP contribution in [-0.2, 0) is 4.74 Å². The summed E-state index contributed by atoms with van der Waals surface area (Å²) in [6.45, 7) is 10.0. The SMILES string of the molecule is CCNC(=NCC1(N2CCSCC2)CCCC1)NC1CCN(C(=O)OCC)CC1.I. The Labute approximate surface area is 203 Å². The Morgan fingerprint density at radius 1 is 1.13 bits per heavy atom. The lowest BCUT2D eigenvalue weighted by Crippen LogP contribution is -2.54. The van der Waals surface area contributed by atoms with Crippen LogP contribution in [0.1, 0.15) is 52.4 Å². The predicted molar refractivity (Wildman–Crippen MR) is 136 cm³/mol. The number of carbonyl (C=O) groups excluding carboxylic acids is 1. The topological polar surface area (TPSA) is 69.2 Å². The molecule has 1 saturated carbocycles. The first-order chi connectivity index (χ1) is 14.2. The number of halogens is 1. The van der Waals surface area contributed by atoms with Gasteiger partial charge in [0.2, 0.25) is 0 Å². The van der Waals surface area contributed by atoms with Crippen LogP contribution in [-0.4, -0.2) is 90.8 Å². The van der Waals surface area contributed by atoms with Crippen molar-refractivity contribution in [2.45, 2.75) is 64.0 Å². The lowest BCUT2D eigenvalue weighted by Gasteiger charge is -2.42. The maximum absolute atomic E-state index is 11.9. The van der Waals surface area contributed by atoms with Crippen molar-refractivity contribution in [3.05, 3.63) is 0 Å². The molecule has 2 saturated heterocycles. The molecule has 3 aliphatic rings. The zero-order chi connectivity index (χ0) is 20.5. The summed E-state index contributed by atoms with van der Waals surface area (Å²) in [5, 5.41) is 7.07. The number of amides is 1. The Kier molecular flexibility index (Phi) is 11.4. The summed E-state index contributed by atoms with van der Waals surface area (Å²) in [6, 6.07) is 0.351. The van der Waals surface area contributed by atoms with Gasteiger partial charge in [-0.1, -0.05) is 12.8 Å². The lowest BCUT2D eigenvalue weighted by atomic mass is 9.95. The van der Waals surface area contributed by atoms with Gasteiger partial charge in [0.05, 0.1) is 13.2 Å². The van der Waals surface area contributed by atoms with E-state index in [1.165, 1.54) is 50.3 Å². The Balaban J connectivity index is 0.00000320. The van der Waals surface area contributed by atoms with Gasteiger partial charge in [-0.2, -0.15) is 11.8 Å². The number of ether oxygens (including phenoxy) is 1. The van der Waals surface area contributed by atoms with Gasteiger partial charge in [0.15, 0.2) is 5.96 Å². The summed E-state index contributed by atoms with van der Waals surface area (Å²) >= 11 is 2.08. The van der Waals surface area contributed by atoms with Crippen LogP contribution in [0.25, 0.3) is 0 Å². The minimum atomic E-state index is -0.186. The van der Waals surface area contributed by atoms with E-state index in [0.29, 0.717) is 12.6 Å². The van der Waals surface area contributed by atoms with E-state index in [1.54, 1.807) is 0 Å². The van der Waals surface area contributed by atoms with E-state index in [-0.39, 0.29) is 35.6 Å². The number of hydrogen-bond acceptors (Lipinski definition) is 5. The number of hydrogen-bond donors (Lipinski definition) is 2. The van der Waals surface area contributed by atoms with Gasteiger partial charge >= 0.3 is 6.09 Å². The molecule has 7 nitrogen and oxygen atoms in total. The number of thioether (sulfide) groups is 1. The normalized spacial score (nSPS) is 23.0. The summed E-state index contributed by atoms with van der Waals surface area (Å²) in [5.41, 5.74) is 0.261. The number of guanidine groups is 1. The molecule has 1 amide bonds. The minimum Gasteiger partial charge on any atom is -0.450 e. The largest absolute Gasteiger partial charge is 0.450 e. The van der Waals surface area contributed by atoms with Crippen LogP contribution in [0, 0.1) is 0 Å². The van der Waals surface area contributed by atoms with Crippen LogP contribution in [0.5, 0.6) is 0 Å². The quantitative estimate of drug-likeness (QED) is 0.299. The molecule has 0 aromatic heterocycles. The van der Waals surface area contributed by atoms with Crippen molar-refractivity contribution in [3.8, 4) is 0 Å². The van der Waals surface area contributed by atoms with Crippen LogP contribution in [0.2, 0.25) is 0 Å². The molecule has 1 aliphatic carbocycles. The first-order valence-electron chi connectivity index (χ1n) is 11.5. The average Bonchev–Trinajstić information content (AvgIpc) is 3.24. The van der Waals surface area contributed by atoms with E-state index in [0.717, 1.165) is 45.0 Å². The molecular weight excluding hydrogens is 513 g/mol. The zero-order valence-corrected chi connectivity index (χ0v) is 21.8. The third-order valence-electron chi connectivity index (χ3n) is 6.45. The second kappa shape index (κ2) is 13.2. The molecule has 174 valence electrons. The van der Waals surface area contributed by atoms with Crippen molar-refractivity contribution < 1.29 is 9.53 Å². The molecule has 0 radical (unpaired) electrons. The second-order valence-electron chi connectivity index (χ2n) is 8.33. The highest BCUT2D eigenvalue weighted by atomic mass is 127. The molecule has 0 atom stereocenters. The van der Waals surface area contributed by atoms with Crippen LogP contribution in [0.4, 0.5) is 4.79 Å². The third-order valence-corrected chi connectivity index (χ3v) is 7.40. The van der Waals surface area contributed by atoms with Crippen LogP contribution in [0.3, 0.4) is 0 Å². The lowest BCUT2D eigenvalue weighted by molar-refractivity contribution is 0.0962. The Morgan fingerprint density at radius 3 is 2.40 bits per heavy atom. The third kappa shape index (κ3) is 7.05. The maximum atomic E-state index is 11.9. The zero-order valence-electron chi connectivity index (χ0n) is 18.7. The summed E-state index contributed by atoms with van der Waals surface area (Å²) in [6.07, 6.45) is 6.88. The van der Waals surface area contributed by atoms with Gasteiger partial charge in [0, 0.05) is 55.8 Å². The molecule has 3 fully saturated rings. The van der Waals surface area contributed by atoms with Gasteiger partial charge < -0.3 is 20.3 Å². The second-order valence-corrected chi connectivity index (χ2v) is 9.56. The molecule has 3 rings (SSSR count). The summed E-state index contributed by atoms with van der Waals surface area (Å²) < 4.78 is 5.12. The van der Waals surface area contributed by atoms with Crippen molar-refractivity contribution in [1.29, 1.82) is 0 Å².